The van der Waals surface area contributed by atoms with E-state index in [2.05, 4.69) is 30.3 Å². The number of phenols is 1. The van der Waals surface area contributed by atoms with Gasteiger partial charge in [0.1, 0.15) is 5.75 Å². The number of allylic oxidation sites excluding steroid dienone is 2. The van der Waals surface area contributed by atoms with Gasteiger partial charge in [0.25, 0.3) is 0 Å². The third kappa shape index (κ3) is 4.53. The fourth-order valence-electron chi connectivity index (χ4n) is 3.28. The molecule has 2 nitrogen and oxygen atoms in total. The highest BCUT2D eigenvalue weighted by Crippen LogP contribution is 2.24. The van der Waals surface area contributed by atoms with Gasteiger partial charge in [-0.25, -0.2) is 0 Å². The van der Waals surface area contributed by atoms with Crippen LogP contribution in [-0.4, -0.2) is 10.9 Å². The van der Waals surface area contributed by atoms with Crippen LogP contribution in [0.5, 0.6) is 5.75 Å². The molecule has 0 fully saturated rings. The van der Waals surface area contributed by atoms with Crippen molar-refractivity contribution in [1.82, 2.24) is 0 Å². The van der Waals surface area contributed by atoms with E-state index < -0.39 is 0 Å². The first kappa shape index (κ1) is 18.7. The van der Waals surface area contributed by atoms with E-state index in [1.54, 1.807) is 24.3 Å². The molecule has 3 aromatic rings. The number of hydrogen-bond acceptors (Lipinski definition) is 2. The third-order valence-electron chi connectivity index (χ3n) is 4.79. The van der Waals surface area contributed by atoms with Crippen LogP contribution in [0.15, 0.2) is 78.9 Å². The summed E-state index contributed by atoms with van der Waals surface area (Å²) in [5.41, 5.74) is 5.73. The lowest BCUT2D eigenvalue weighted by Gasteiger charge is -2.11. The molecule has 2 heteroatoms. The quantitative estimate of drug-likeness (QED) is 0.449. The molecule has 0 spiro atoms. The van der Waals surface area contributed by atoms with Gasteiger partial charge in [-0.3, -0.25) is 4.79 Å². The van der Waals surface area contributed by atoms with Crippen molar-refractivity contribution in [3.8, 4) is 5.75 Å². The summed E-state index contributed by atoms with van der Waals surface area (Å²) in [6, 6.07) is 23.3. The van der Waals surface area contributed by atoms with Crippen LogP contribution in [-0.2, 0) is 12.8 Å². The number of benzene rings is 3. The van der Waals surface area contributed by atoms with Gasteiger partial charge in [0, 0.05) is 11.1 Å². The number of rotatable bonds is 6. The van der Waals surface area contributed by atoms with Crippen LogP contribution < -0.4 is 0 Å². The molecule has 0 unspecified atom stereocenters. The molecule has 3 aromatic carbocycles. The third-order valence-corrected chi connectivity index (χ3v) is 4.79. The minimum Gasteiger partial charge on any atom is -0.508 e. The first-order valence-corrected chi connectivity index (χ1v) is 9.22. The van der Waals surface area contributed by atoms with Crippen LogP contribution >= 0.6 is 0 Å². The van der Waals surface area contributed by atoms with E-state index in [0.29, 0.717) is 5.57 Å². The fourth-order valence-corrected chi connectivity index (χ4v) is 3.28. The van der Waals surface area contributed by atoms with E-state index in [4.69, 9.17) is 0 Å². The zero-order chi connectivity index (χ0) is 19.2. The summed E-state index contributed by atoms with van der Waals surface area (Å²) < 4.78 is 0. The van der Waals surface area contributed by atoms with Crippen molar-refractivity contribution in [3.05, 3.63) is 107 Å². The van der Waals surface area contributed by atoms with Crippen LogP contribution in [0.4, 0.5) is 0 Å². The lowest BCUT2D eigenvalue weighted by Crippen LogP contribution is -2.06. The zero-order valence-electron chi connectivity index (χ0n) is 15.8. The van der Waals surface area contributed by atoms with Gasteiger partial charge in [-0.15, -0.1) is 0 Å². The van der Waals surface area contributed by atoms with Crippen LogP contribution in [0.3, 0.4) is 0 Å². The number of aromatic hydroxyl groups is 1. The van der Waals surface area contributed by atoms with Crippen molar-refractivity contribution in [1.29, 1.82) is 0 Å². The number of Topliss-reactive ketones (excluding diaryl/α,β-unsaturated/α-hetero) is 1. The number of ketones is 1. The van der Waals surface area contributed by atoms with Gasteiger partial charge in [-0.1, -0.05) is 66.7 Å². The van der Waals surface area contributed by atoms with E-state index in [-0.39, 0.29) is 11.5 Å². The molecule has 0 saturated carbocycles. The number of phenolic OH excluding ortho intramolecular Hbond substituents is 1. The second kappa shape index (κ2) is 8.50. The molecule has 3 rings (SSSR count). The Morgan fingerprint density at radius 3 is 2.19 bits per heavy atom. The van der Waals surface area contributed by atoms with Crippen LogP contribution in [0.1, 0.15) is 39.5 Å². The highest BCUT2D eigenvalue weighted by Gasteiger charge is 2.16. The Morgan fingerprint density at radius 2 is 1.56 bits per heavy atom. The summed E-state index contributed by atoms with van der Waals surface area (Å²) in [6.07, 6.45) is 3.77. The molecule has 0 bridgehead atoms. The summed E-state index contributed by atoms with van der Waals surface area (Å²) >= 11 is 0. The van der Waals surface area contributed by atoms with Crippen molar-refractivity contribution in [2.24, 2.45) is 0 Å². The van der Waals surface area contributed by atoms with Gasteiger partial charge in [0.2, 0.25) is 0 Å². The molecular formula is C25H24O2. The monoisotopic (exact) mass is 356 g/mol. The van der Waals surface area contributed by atoms with Crippen molar-refractivity contribution in [2.75, 3.05) is 0 Å². The first-order chi connectivity index (χ1) is 13.1. The lowest BCUT2D eigenvalue weighted by molar-refractivity contribution is 0.105. The summed E-state index contributed by atoms with van der Waals surface area (Å²) in [7, 11) is 0. The Morgan fingerprint density at radius 1 is 0.889 bits per heavy atom. The molecule has 0 saturated heterocycles. The predicted octanol–water partition coefficient (Wildman–Crippen LogP) is 5.77. The van der Waals surface area contributed by atoms with Crippen LogP contribution in [0.25, 0.3) is 5.57 Å². The zero-order valence-corrected chi connectivity index (χ0v) is 15.8. The Balaban J connectivity index is 1.78. The van der Waals surface area contributed by atoms with Gasteiger partial charge < -0.3 is 5.11 Å². The Kier molecular flexibility index (Phi) is 5.87. The highest BCUT2D eigenvalue weighted by molar-refractivity contribution is 6.29. The molecule has 136 valence electrons. The van der Waals surface area contributed by atoms with E-state index in [1.807, 2.05) is 38.1 Å². The normalized spacial score (nSPS) is 11.4. The van der Waals surface area contributed by atoms with Gasteiger partial charge in [-0.05, 0) is 61.1 Å². The number of carbonyl (C=O) groups excluding carboxylic acids is 1. The average molecular weight is 356 g/mol. The second-order valence-corrected chi connectivity index (χ2v) is 6.71. The average Bonchev–Trinajstić information content (AvgIpc) is 2.69. The molecule has 0 aliphatic carbocycles. The minimum atomic E-state index is 0.00954. The van der Waals surface area contributed by atoms with Gasteiger partial charge >= 0.3 is 0 Å². The van der Waals surface area contributed by atoms with E-state index >= 15 is 0 Å². The standard InChI is InChI=1S/C25H24O2/c1-3-23(21-12-14-22(26)15-13-21)25(27)24-16-11-20(17-18(24)2)10-9-19-7-5-4-6-8-19/h3-8,11-17,26H,9-10H2,1-2H3/b23-3-. The summed E-state index contributed by atoms with van der Waals surface area (Å²) in [4.78, 5) is 13.0. The first-order valence-electron chi connectivity index (χ1n) is 9.22. The SMILES string of the molecule is C/C=C(\C(=O)c1ccc(CCc2ccccc2)cc1C)c1ccc(O)cc1. The van der Waals surface area contributed by atoms with Gasteiger partial charge in [-0.2, -0.15) is 0 Å². The summed E-state index contributed by atoms with van der Waals surface area (Å²) in [5, 5.41) is 9.47. The summed E-state index contributed by atoms with van der Waals surface area (Å²) in [6.45, 7) is 3.85. The summed E-state index contributed by atoms with van der Waals surface area (Å²) in [5.74, 6) is 0.205. The van der Waals surface area contributed by atoms with Gasteiger partial charge in [0.05, 0.1) is 0 Å². The van der Waals surface area contributed by atoms with Crippen LogP contribution in [0.2, 0.25) is 0 Å². The molecule has 0 aromatic heterocycles. The lowest BCUT2D eigenvalue weighted by atomic mass is 9.92. The topological polar surface area (TPSA) is 37.3 Å². The molecule has 0 atom stereocenters. The number of aryl methyl sites for hydroxylation is 3. The molecule has 27 heavy (non-hydrogen) atoms. The molecule has 0 heterocycles. The maximum Gasteiger partial charge on any atom is 0.193 e. The Bertz CT molecular complexity index is 951. The maximum atomic E-state index is 13.0. The maximum absolute atomic E-state index is 13.0. The molecule has 0 aliphatic heterocycles. The molecule has 0 aliphatic rings. The minimum absolute atomic E-state index is 0.00954. The number of carbonyl (C=O) groups is 1. The highest BCUT2D eigenvalue weighted by atomic mass is 16.3. The fraction of sp³-hybridized carbons (Fsp3) is 0.160. The number of hydrogen-bond donors (Lipinski definition) is 1. The van der Waals surface area contributed by atoms with Gasteiger partial charge in [0.15, 0.2) is 5.78 Å². The van der Waals surface area contributed by atoms with Crippen molar-refractivity contribution >= 4 is 11.4 Å². The van der Waals surface area contributed by atoms with Crippen molar-refractivity contribution in [2.45, 2.75) is 26.7 Å². The molecule has 0 radical (unpaired) electrons. The van der Waals surface area contributed by atoms with Crippen molar-refractivity contribution in [3.63, 3.8) is 0 Å². The van der Waals surface area contributed by atoms with E-state index in [0.717, 1.165) is 29.5 Å². The smallest absolute Gasteiger partial charge is 0.193 e. The Labute approximate surface area is 160 Å². The Hall–Kier alpha value is -3.13. The predicted molar refractivity (Wildman–Crippen MR) is 111 cm³/mol. The van der Waals surface area contributed by atoms with Crippen molar-refractivity contribution < 1.29 is 9.90 Å². The largest absolute Gasteiger partial charge is 0.508 e. The van der Waals surface area contributed by atoms with E-state index in [1.165, 1.54) is 11.1 Å². The molecule has 1 N–H and O–H groups in total. The second-order valence-electron chi connectivity index (χ2n) is 6.71. The van der Waals surface area contributed by atoms with Crippen LogP contribution in [0, 0.1) is 6.92 Å². The molecular weight excluding hydrogens is 332 g/mol. The van der Waals surface area contributed by atoms with E-state index in [9.17, 15) is 9.90 Å². The molecule has 0 amide bonds.